The smallest absolute Gasteiger partial charge is 0.243 e. The van der Waals surface area contributed by atoms with E-state index in [0.717, 1.165) is 12.8 Å². The predicted octanol–water partition coefficient (Wildman–Crippen LogP) is 2.00. The van der Waals surface area contributed by atoms with Gasteiger partial charge in [-0.25, -0.2) is 8.42 Å². The molecule has 1 aliphatic rings. The first-order chi connectivity index (χ1) is 10.4. The second-order valence-electron chi connectivity index (χ2n) is 5.83. The SMILES string of the molecule is CC[C@H](C)NC(=O)[C@@H]1CCCN(S(=O)(=O)c2ccccc2)C1. The Kier molecular flexibility index (Phi) is 5.58. The maximum Gasteiger partial charge on any atom is 0.243 e. The molecule has 0 aromatic heterocycles. The van der Waals surface area contributed by atoms with Crippen molar-refractivity contribution in [3.63, 3.8) is 0 Å². The van der Waals surface area contributed by atoms with Crippen molar-refractivity contribution in [1.82, 2.24) is 9.62 Å². The summed E-state index contributed by atoms with van der Waals surface area (Å²) in [5.74, 6) is -0.302. The summed E-state index contributed by atoms with van der Waals surface area (Å²) in [7, 11) is -3.51. The van der Waals surface area contributed by atoms with Gasteiger partial charge in [0.15, 0.2) is 0 Å². The monoisotopic (exact) mass is 324 g/mol. The Morgan fingerprint density at radius 2 is 2.05 bits per heavy atom. The molecule has 1 saturated heterocycles. The standard InChI is InChI=1S/C16H24N2O3S/c1-3-13(2)17-16(19)14-8-7-11-18(12-14)22(20,21)15-9-5-4-6-10-15/h4-6,9-10,13-14H,3,7-8,11-12H2,1-2H3,(H,17,19)/t13-,14+/m0/s1. The van der Waals surface area contributed by atoms with Crippen molar-refractivity contribution in [1.29, 1.82) is 0 Å². The molecule has 1 aromatic rings. The Balaban J connectivity index is 2.09. The summed E-state index contributed by atoms with van der Waals surface area (Å²) < 4.78 is 26.7. The minimum Gasteiger partial charge on any atom is -0.353 e. The Hall–Kier alpha value is -1.40. The van der Waals surface area contributed by atoms with E-state index in [1.807, 2.05) is 13.8 Å². The third-order valence-electron chi connectivity index (χ3n) is 4.14. The molecule has 122 valence electrons. The molecule has 0 radical (unpaired) electrons. The van der Waals surface area contributed by atoms with Gasteiger partial charge in [0.05, 0.1) is 10.8 Å². The Morgan fingerprint density at radius 1 is 1.36 bits per heavy atom. The van der Waals surface area contributed by atoms with Crippen LogP contribution in [0, 0.1) is 5.92 Å². The predicted molar refractivity (Wildman–Crippen MR) is 85.8 cm³/mol. The zero-order chi connectivity index (χ0) is 16.2. The van der Waals surface area contributed by atoms with Crippen LogP contribution < -0.4 is 5.32 Å². The molecule has 1 amide bonds. The third-order valence-corrected chi connectivity index (χ3v) is 6.02. The lowest BCUT2D eigenvalue weighted by molar-refractivity contribution is -0.126. The van der Waals surface area contributed by atoms with Crippen LogP contribution >= 0.6 is 0 Å². The molecule has 1 aromatic carbocycles. The molecular formula is C16H24N2O3S. The lowest BCUT2D eigenvalue weighted by atomic mass is 9.98. The average molecular weight is 324 g/mol. The molecule has 2 rings (SSSR count). The van der Waals surface area contributed by atoms with Crippen LogP contribution in [0.3, 0.4) is 0 Å². The van der Waals surface area contributed by atoms with Crippen molar-refractivity contribution in [2.45, 2.75) is 44.0 Å². The van der Waals surface area contributed by atoms with Crippen LogP contribution in [0.5, 0.6) is 0 Å². The minimum absolute atomic E-state index is 0.0395. The van der Waals surface area contributed by atoms with E-state index >= 15 is 0 Å². The minimum atomic E-state index is -3.51. The molecule has 0 unspecified atom stereocenters. The summed E-state index contributed by atoms with van der Waals surface area (Å²) >= 11 is 0. The van der Waals surface area contributed by atoms with Crippen LogP contribution in [-0.2, 0) is 14.8 Å². The molecule has 22 heavy (non-hydrogen) atoms. The van der Waals surface area contributed by atoms with E-state index in [1.165, 1.54) is 4.31 Å². The summed E-state index contributed by atoms with van der Waals surface area (Å²) in [6.45, 7) is 4.71. The van der Waals surface area contributed by atoms with Gasteiger partial charge in [-0.3, -0.25) is 4.79 Å². The third kappa shape index (κ3) is 3.87. The van der Waals surface area contributed by atoms with E-state index in [-0.39, 0.29) is 29.3 Å². The topological polar surface area (TPSA) is 66.5 Å². The lowest BCUT2D eigenvalue weighted by Crippen LogP contribution is -2.46. The largest absolute Gasteiger partial charge is 0.353 e. The van der Waals surface area contributed by atoms with Crippen molar-refractivity contribution >= 4 is 15.9 Å². The fraction of sp³-hybridized carbons (Fsp3) is 0.562. The highest BCUT2D eigenvalue weighted by molar-refractivity contribution is 7.89. The van der Waals surface area contributed by atoms with Crippen LogP contribution in [-0.4, -0.2) is 37.8 Å². The number of carbonyl (C=O) groups excluding carboxylic acids is 1. The Bertz CT molecular complexity index is 601. The summed E-state index contributed by atoms with van der Waals surface area (Å²) in [6.07, 6.45) is 2.32. The number of nitrogens with one attached hydrogen (secondary N) is 1. The molecule has 0 saturated carbocycles. The van der Waals surface area contributed by atoms with E-state index in [1.54, 1.807) is 30.3 Å². The number of carbonyl (C=O) groups is 1. The number of benzene rings is 1. The Morgan fingerprint density at radius 3 is 2.68 bits per heavy atom. The Labute approximate surface area is 132 Å². The van der Waals surface area contributed by atoms with Crippen molar-refractivity contribution in [3.05, 3.63) is 30.3 Å². The van der Waals surface area contributed by atoms with E-state index in [0.29, 0.717) is 13.0 Å². The van der Waals surface area contributed by atoms with E-state index in [2.05, 4.69) is 5.32 Å². The maximum atomic E-state index is 12.6. The zero-order valence-corrected chi connectivity index (χ0v) is 14.0. The summed E-state index contributed by atoms with van der Waals surface area (Å²) in [6, 6.07) is 8.52. The van der Waals surface area contributed by atoms with Gasteiger partial charge < -0.3 is 5.32 Å². The summed E-state index contributed by atoms with van der Waals surface area (Å²) in [5, 5.41) is 2.95. The zero-order valence-electron chi connectivity index (χ0n) is 13.2. The molecule has 0 spiro atoms. The fourth-order valence-electron chi connectivity index (χ4n) is 2.58. The number of hydrogen-bond acceptors (Lipinski definition) is 3. The fourth-order valence-corrected chi connectivity index (χ4v) is 4.12. The van der Waals surface area contributed by atoms with Gasteiger partial charge in [-0.1, -0.05) is 25.1 Å². The number of amides is 1. The van der Waals surface area contributed by atoms with Gasteiger partial charge in [0, 0.05) is 19.1 Å². The van der Waals surface area contributed by atoms with Gasteiger partial charge in [-0.15, -0.1) is 0 Å². The van der Waals surface area contributed by atoms with Crippen LogP contribution in [0.4, 0.5) is 0 Å². The maximum absolute atomic E-state index is 12.6. The van der Waals surface area contributed by atoms with Crippen LogP contribution in [0.2, 0.25) is 0 Å². The molecule has 0 aliphatic carbocycles. The van der Waals surface area contributed by atoms with E-state index in [4.69, 9.17) is 0 Å². The molecule has 5 nitrogen and oxygen atoms in total. The van der Waals surface area contributed by atoms with Crippen LogP contribution in [0.1, 0.15) is 33.1 Å². The van der Waals surface area contributed by atoms with Crippen molar-refractivity contribution in [3.8, 4) is 0 Å². The lowest BCUT2D eigenvalue weighted by Gasteiger charge is -2.31. The van der Waals surface area contributed by atoms with E-state index < -0.39 is 10.0 Å². The number of rotatable bonds is 5. The number of hydrogen-bond donors (Lipinski definition) is 1. The van der Waals surface area contributed by atoms with Crippen molar-refractivity contribution in [2.75, 3.05) is 13.1 Å². The molecule has 1 fully saturated rings. The van der Waals surface area contributed by atoms with Gasteiger partial charge in [0.1, 0.15) is 0 Å². The second-order valence-corrected chi connectivity index (χ2v) is 7.77. The van der Waals surface area contributed by atoms with Gasteiger partial charge in [0.2, 0.25) is 15.9 Å². The quantitative estimate of drug-likeness (QED) is 0.901. The van der Waals surface area contributed by atoms with Crippen LogP contribution in [0.25, 0.3) is 0 Å². The molecule has 1 heterocycles. The number of sulfonamides is 1. The second kappa shape index (κ2) is 7.24. The highest BCUT2D eigenvalue weighted by Gasteiger charge is 2.33. The molecule has 0 bridgehead atoms. The first-order valence-electron chi connectivity index (χ1n) is 7.80. The molecular weight excluding hydrogens is 300 g/mol. The van der Waals surface area contributed by atoms with Crippen LogP contribution in [0.15, 0.2) is 35.2 Å². The summed E-state index contributed by atoms with van der Waals surface area (Å²) in [5.41, 5.74) is 0. The molecule has 2 atom stereocenters. The van der Waals surface area contributed by atoms with Gasteiger partial charge in [-0.2, -0.15) is 4.31 Å². The van der Waals surface area contributed by atoms with Crippen molar-refractivity contribution < 1.29 is 13.2 Å². The molecule has 1 N–H and O–H groups in total. The van der Waals surface area contributed by atoms with Crippen molar-refractivity contribution in [2.24, 2.45) is 5.92 Å². The van der Waals surface area contributed by atoms with Gasteiger partial charge in [0.25, 0.3) is 0 Å². The average Bonchev–Trinajstić information content (AvgIpc) is 2.55. The summed E-state index contributed by atoms with van der Waals surface area (Å²) in [4.78, 5) is 12.5. The molecule has 6 heteroatoms. The normalized spacial score (nSPS) is 21.3. The first-order valence-corrected chi connectivity index (χ1v) is 9.24. The van der Waals surface area contributed by atoms with E-state index in [9.17, 15) is 13.2 Å². The van der Waals surface area contributed by atoms with Gasteiger partial charge >= 0.3 is 0 Å². The number of piperidine rings is 1. The number of nitrogens with zero attached hydrogens (tertiary/aromatic N) is 1. The highest BCUT2D eigenvalue weighted by atomic mass is 32.2. The van der Waals surface area contributed by atoms with Gasteiger partial charge in [-0.05, 0) is 38.3 Å². The first kappa shape index (κ1) is 17.0. The molecule has 1 aliphatic heterocycles. The highest BCUT2D eigenvalue weighted by Crippen LogP contribution is 2.23.